The summed E-state index contributed by atoms with van der Waals surface area (Å²) in [6.07, 6.45) is -0.105. The van der Waals surface area contributed by atoms with Crippen LogP contribution in [0.4, 0.5) is 0 Å². The first-order valence-electron chi connectivity index (χ1n) is 7.08. The van der Waals surface area contributed by atoms with Gasteiger partial charge in [-0.3, -0.25) is 9.59 Å². The van der Waals surface area contributed by atoms with E-state index in [4.69, 9.17) is 0 Å². The van der Waals surface area contributed by atoms with Crippen LogP contribution < -0.4 is 10.6 Å². The Labute approximate surface area is 125 Å². The number of hydrogen-bond donors (Lipinski definition) is 3. The molecule has 5 heteroatoms. The number of amides is 2. The van der Waals surface area contributed by atoms with Crippen molar-refractivity contribution in [3.8, 4) is 0 Å². The van der Waals surface area contributed by atoms with Crippen molar-refractivity contribution < 1.29 is 14.7 Å². The number of carbonyl (C=O) groups is 2. The summed E-state index contributed by atoms with van der Waals surface area (Å²) in [6.45, 7) is 6.36. The molecule has 1 aromatic carbocycles. The third-order valence-electron chi connectivity index (χ3n) is 3.21. The fraction of sp³-hybridized carbons (Fsp3) is 0.500. The lowest BCUT2D eigenvalue weighted by Gasteiger charge is -2.25. The zero-order valence-electron chi connectivity index (χ0n) is 12.8. The van der Waals surface area contributed by atoms with Crippen LogP contribution in [0.2, 0.25) is 0 Å². The number of benzene rings is 1. The summed E-state index contributed by atoms with van der Waals surface area (Å²) in [5, 5.41) is 14.9. The van der Waals surface area contributed by atoms with Gasteiger partial charge in [0.05, 0.1) is 6.10 Å². The van der Waals surface area contributed by atoms with Gasteiger partial charge in [0.25, 0.3) is 0 Å². The minimum Gasteiger partial charge on any atom is -0.393 e. The highest BCUT2D eigenvalue weighted by molar-refractivity contribution is 6.35. The van der Waals surface area contributed by atoms with Gasteiger partial charge in [-0.2, -0.15) is 0 Å². The molecule has 2 amide bonds. The Morgan fingerprint density at radius 1 is 1.10 bits per heavy atom. The summed E-state index contributed by atoms with van der Waals surface area (Å²) in [5.74, 6) is -1.34. The van der Waals surface area contributed by atoms with Gasteiger partial charge in [-0.05, 0) is 17.4 Å². The Kier molecular flexibility index (Phi) is 6.37. The summed E-state index contributed by atoms with van der Waals surface area (Å²) in [5.41, 5.74) is 0.696. The van der Waals surface area contributed by atoms with E-state index in [-0.39, 0.29) is 12.0 Å². The second kappa shape index (κ2) is 7.78. The van der Waals surface area contributed by atoms with Crippen LogP contribution in [0.15, 0.2) is 30.3 Å². The second-order valence-corrected chi connectivity index (χ2v) is 6.09. The van der Waals surface area contributed by atoms with Crippen molar-refractivity contribution in [2.75, 3.05) is 6.54 Å². The monoisotopic (exact) mass is 292 g/mol. The van der Waals surface area contributed by atoms with Gasteiger partial charge in [0.15, 0.2) is 0 Å². The third-order valence-corrected chi connectivity index (χ3v) is 3.21. The molecule has 116 valence electrons. The summed E-state index contributed by atoms with van der Waals surface area (Å²) in [4.78, 5) is 23.2. The summed E-state index contributed by atoms with van der Waals surface area (Å²) in [6, 6.07) is 9.37. The van der Waals surface area contributed by atoms with Gasteiger partial charge in [-0.15, -0.1) is 0 Å². The SMILES string of the molecule is CC(C)(C)[C@@H](O)CCNC(=O)C(=O)NCc1ccccc1. The van der Waals surface area contributed by atoms with E-state index < -0.39 is 17.9 Å². The minimum absolute atomic E-state index is 0.236. The molecule has 0 radical (unpaired) electrons. The molecule has 1 rings (SSSR count). The maximum Gasteiger partial charge on any atom is 0.309 e. The van der Waals surface area contributed by atoms with Crippen LogP contribution in [-0.2, 0) is 16.1 Å². The standard InChI is InChI=1S/C16H24N2O3/c1-16(2,3)13(19)9-10-17-14(20)15(21)18-11-12-7-5-4-6-8-12/h4-8,13,19H,9-11H2,1-3H3,(H,17,20)(H,18,21)/t13-/m0/s1. The molecule has 0 bridgehead atoms. The highest BCUT2D eigenvalue weighted by Crippen LogP contribution is 2.20. The zero-order valence-corrected chi connectivity index (χ0v) is 12.8. The van der Waals surface area contributed by atoms with Crippen molar-refractivity contribution in [1.29, 1.82) is 0 Å². The van der Waals surface area contributed by atoms with Crippen LogP contribution in [0.3, 0.4) is 0 Å². The topological polar surface area (TPSA) is 78.4 Å². The van der Waals surface area contributed by atoms with E-state index in [1.54, 1.807) is 0 Å². The number of aliphatic hydroxyl groups excluding tert-OH is 1. The summed E-state index contributed by atoms with van der Waals surface area (Å²) in [7, 11) is 0. The molecule has 0 aromatic heterocycles. The lowest BCUT2D eigenvalue weighted by atomic mass is 9.87. The number of hydrogen-bond acceptors (Lipinski definition) is 3. The Bertz CT molecular complexity index is 466. The summed E-state index contributed by atoms with van der Waals surface area (Å²) < 4.78 is 0. The minimum atomic E-state index is -0.674. The van der Waals surface area contributed by atoms with Crippen molar-refractivity contribution in [2.45, 2.75) is 39.8 Å². The molecule has 0 saturated heterocycles. The summed E-state index contributed by atoms with van der Waals surface area (Å²) >= 11 is 0. The maximum atomic E-state index is 11.6. The van der Waals surface area contributed by atoms with E-state index in [0.29, 0.717) is 13.0 Å². The lowest BCUT2D eigenvalue weighted by Crippen LogP contribution is -2.41. The van der Waals surface area contributed by atoms with Crippen molar-refractivity contribution in [1.82, 2.24) is 10.6 Å². The fourth-order valence-electron chi connectivity index (χ4n) is 1.69. The molecule has 1 aromatic rings. The Balaban J connectivity index is 2.27. The first-order chi connectivity index (χ1) is 9.80. The molecule has 0 aliphatic heterocycles. The number of nitrogens with one attached hydrogen (secondary N) is 2. The normalized spacial score (nSPS) is 12.6. The van der Waals surface area contributed by atoms with Gasteiger partial charge in [0.1, 0.15) is 0 Å². The Hall–Kier alpha value is -1.88. The molecule has 5 nitrogen and oxygen atoms in total. The molecule has 0 unspecified atom stereocenters. The molecule has 0 aliphatic carbocycles. The highest BCUT2D eigenvalue weighted by atomic mass is 16.3. The zero-order chi connectivity index (χ0) is 15.9. The van der Waals surface area contributed by atoms with E-state index in [0.717, 1.165) is 5.56 Å². The van der Waals surface area contributed by atoms with Crippen LogP contribution in [0.5, 0.6) is 0 Å². The smallest absolute Gasteiger partial charge is 0.309 e. The van der Waals surface area contributed by atoms with Crippen LogP contribution in [0, 0.1) is 5.41 Å². The Morgan fingerprint density at radius 3 is 2.24 bits per heavy atom. The molecule has 1 atom stereocenters. The van der Waals surface area contributed by atoms with Crippen molar-refractivity contribution >= 4 is 11.8 Å². The molecule has 3 N–H and O–H groups in total. The second-order valence-electron chi connectivity index (χ2n) is 6.09. The average Bonchev–Trinajstić information content (AvgIpc) is 2.44. The van der Waals surface area contributed by atoms with Gasteiger partial charge in [0.2, 0.25) is 0 Å². The van der Waals surface area contributed by atoms with Crippen LogP contribution >= 0.6 is 0 Å². The quantitative estimate of drug-likeness (QED) is 0.714. The van der Waals surface area contributed by atoms with Crippen molar-refractivity contribution in [2.24, 2.45) is 5.41 Å². The molecule has 21 heavy (non-hydrogen) atoms. The van der Waals surface area contributed by atoms with Gasteiger partial charge in [-0.25, -0.2) is 0 Å². The Morgan fingerprint density at radius 2 is 1.67 bits per heavy atom. The van der Waals surface area contributed by atoms with Gasteiger partial charge >= 0.3 is 11.8 Å². The largest absolute Gasteiger partial charge is 0.393 e. The fourth-order valence-corrected chi connectivity index (χ4v) is 1.69. The van der Waals surface area contributed by atoms with Gasteiger partial charge in [-0.1, -0.05) is 51.1 Å². The highest BCUT2D eigenvalue weighted by Gasteiger charge is 2.22. The van der Waals surface area contributed by atoms with Crippen molar-refractivity contribution in [3.63, 3.8) is 0 Å². The molecule has 0 saturated carbocycles. The molecule has 0 spiro atoms. The van der Waals surface area contributed by atoms with Crippen LogP contribution in [0.25, 0.3) is 0 Å². The average molecular weight is 292 g/mol. The predicted octanol–water partition coefficient (Wildman–Crippen LogP) is 1.22. The molecule has 0 heterocycles. The maximum absolute atomic E-state index is 11.6. The molecule has 0 fully saturated rings. The molecular formula is C16H24N2O3. The van der Waals surface area contributed by atoms with Crippen LogP contribution in [-0.4, -0.2) is 29.6 Å². The van der Waals surface area contributed by atoms with E-state index in [1.165, 1.54) is 0 Å². The number of rotatable bonds is 5. The van der Waals surface area contributed by atoms with Gasteiger partial charge < -0.3 is 15.7 Å². The molecular weight excluding hydrogens is 268 g/mol. The predicted molar refractivity (Wildman–Crippen MR) is 81.4 cm³/mol. The first kappa shape index (κ1) is 17.2. The van der Waals surface area contributed by atoms with Crippen molar-refractivity contribution in [3.05, 3.63) is 35.9 Å². The van der Waals surface area contributed by atoms with E-state index in [2.05, 4.69) is 10.6 Å². The van der Waals surface area contributed by atoms with Gasteiger partial charge in [0, 0.05) is 13.1 Å². The number of carbonyl (C=O) groups excluding carboxylic acids is 2. The number of aliphatic hydroxyl groups is 1. The lowest BCUT2D eigenvalue weighted by molar-refractivity contribution is -0.139. The van der Waals surface area contributed by atoms with E-state index in [9.17, 15) is 14.7 Å². The third kappa shape index (κ3) is 6.40. The molecule has 0 aliphatic rings. The van der Waals surface area contributed by atoms with Crippen LogP contribution in [0.1, 0.15) is 32.8 Å². The van der Waals surface area contributed by atoms with E-state index >= 15 is 0 Å². The van der Waals surface area contributed by atoms with E-state index in [1.807, 2.05) is 51.1 Å². The first-order valence-corrected chi connectivity index (χ1v) is 7.08.